The summed E-state index contributed by atoms with van der Waals surface area (Å²) in [6, 6.07) is 8.60. The Hall–Kier alpha value is -3.54. The number of alkyl halides is 2. The van der Waals surface area contributed by atoms with Gasteiger partial charge in [0, 0.05) is 19.2 Å². The topological polar surface area (TPSA) is 63.3 Å². The summed E-state index contributed by atoms with van der Waals surface area (Å²) in [5.41, 5.74) is 2.16. The molecule has 1 aliphatic rings. The Labute approximate surface area is 157 Å². The third-order valence-electron chi connectivity index (χ3n) is 4.89. The van der Waals surface area contributed by atoms with Gasteiger partial charge in [0.15, 0.2) is 11.7 Å². The predicted octanol–water partition coefficient (Wildman–Crippen LogP) is 2.69. The molecule has 1 atom stereocenters. The van der Waals surface area contributed by atoms with Gasteiger partial charge in [0.05, 0.1) is 5.69 Å². The minimum atomic E-state index is -2.67. The van der Waals surface area contributed by atoms with Crippen molar-refractivity contribution in [1.82, 2.24) is 19.6 Å². The number of halogens is 3. The minimum absolute atomic E-state index is 0.295. The maximum absolute atomic E-state index is 14.2. The molecule has 1 N–H and O–H groups in total. The molecule has 0 radical (unpaired) electrons. The summed E-state index contributed by atoms with van der Waals surface area (Å²) in [7, 11) is 0. The molecule has 6 nitrogen and oxygen atoms in total. The molecule has 5 rings (SSSR count). The van der Waals surface area contributed by atoms with E-state index in [1.165, 1.54) is 16.6 Å². The maximum Gasteiger partial charge on any atom is 0.380 e. The van der Waals surface area contributed by atoms with Gasteiger partial charge in [0.1, 0.15) is 22.8 Å². The zero-order valence-electron chi connectivity index (χ0n) is 14.5. The van der Waals surface area contributed by atoms with Gasteiger partial charge in [-0.05, 0) is 30.3 Å². The van der Waals surface area contributed by atoms with E-state index in [0.29, 0.717) is 35.7 Å². The van der Waals surface area contributed by atoms with Crippen molar-refractivity contribution in [1.29, 1.82) is 0 Å². The van der Waals surface area contributed by atoms with Crippen LogP contribution >= 0.6 is 0 Å². The fourth-order valence-corrected chi connectivity index (χ4v) is 3.61. The molecule has 0 saturated heterocycles. The highest BCUT2D eigenvalue weighted by Crippen LogP contribution is 2.35. The van der Waals surface area contributed by atoms with Crippen LogP contribution in [0.3, 0.4) is 0 Å². The smallest absolute Gasteiger partial charge is 0.339 e. The van der Waals surface area contributed by atoms with E-state index in [1.54, 1.807) is 30.5 Å². The van der Waals surface area contributed by atoms with Crippen LogP contribution in [-0.2, 0) is 6.42 Å². The van der Waals surface area contributed by atoms with Crippen LogP contribution < -0.4 is 9.88 Å². The molecule has 0 saturated carbocycles. The van der Waals surface area contributed by atoms with E-state index in [2.05, 4.69) is 26.4 Å². The average Bonchev–Trinajstić information content (AvgIpc) is 3.34. The van der Waals surface area contributed by atoms with Crippen molar-refractivity contribution in [3.63, 3.8) is 0 Å². The van der Waals surface area contributed by atoms with E-state index < -0.39 is 18.3 Å². The highest BCUT2D eigenvalue weighted by atomic mass is 19.3. The monoisotopic (exact) mass is 383 g/mol. The molecule has 0 amide bonds. The predicted molar refractivity (Wildman–Crippen MR) is 92.5 cm³/mol. The number of fused-ring (bicyclic) bond motifs is 2. The van der Waals surface area contributed by atoms with E-state index in [-0.39, 0.29) is 5.69 Å². The van der Waals surface area contributed by atoms with Crippen molar-refractivity contribution in [2.24, 2.45) is 0 Å². The van der Waals surface area contributed by atoms with Crippen LogP contribution in [0.4, 0.5) is 19.0 Å². The molecule has 0 fully saturated rings. The fraction of sp³-hybridized carbons (Fsp3) is 0.211. The first-order chi connectivity index (χ1) is 13.6. The molecular formula is C19H14F3N6+. The highest BCUT2D eigenvalue weighted by Gasteiger charge is 2.39. The van der Waals surface area contributed by atoms with E-state index in [9.17, 15) is 13.2 Å². The van der Waals surface area contributed by atoms with Crippen molar-refractivity contribution in [2.75, 3.05) is 11.4 Å². The normalized spacial score (nSPS) is 16.4. The number of hydrogen-bond acceptors (Lipinski definition) is 3. The average molecular weight is 383 g/mol. The SMILES string of the molecule is Fc1cccn2nc([C@@H]3c4[n+]#c[nH]c4CCN3c3cccc(C(F)F)n3)cc12. The summed E-state index contributed by atoms with van der Waals surface area (Å²) in [4.78, 5) is 13.3. The Morgan fingerprint density at radius 1 is 1.25 bits per heavy atom. The van der Waals surface area contributed by atoms with Crippen LogP contribution in [0.2, 0.25) is 0 Å². The van der Waals surface area contributed by atoms with Crippen molar-refractivity contribution in [2.45, 2.75) is 18.9 Å². The van der Waals surface area contributed by atoms with Crippen molar-refractivity contribution >= 4 is 11.3 Å². The van der Waals surface area contributed by atoms with Crippen molar-refractivity contribution in [3.8, 4) is 0 Å². The van der Waals surface area contributed by atoms with Gasteiger partial charge in [-0.15, -0.1) is 0 Å². The molecule has 140 valence electrons. The molecular weight excluding hydrogens is 369 g/mol. The Morgan fingerprint density at radius 2 is 2.14 bits per heavy atom. The second-order valence-corrected chi connectivity index (χ2v) is 6.53. The van der Waals surface area contributed by atoms with Gasteiger partial charge in [-0.1, -0.05) is 6.07 Å². The number of aromatic nitrogens is 5. The summed E-state index contributed by atoms with van der Waals surface area (Å²) in [5, 5.41) is 4.50. The third-order valence-corrected chi connectivity index (χ3v) is 4.89. The van der Waals surface area contributed by atoms with Crippen molar-refractivity contribution < 1.29 is 18.2 Å². The van der Waals surface area contributed by atoms with Gasteiger partial charge in [-0.3, -0.25) is 0 Å². The lowest BCUT2D eigenvalue weighted by Gasteiger charge is -2.31. The first kappa shape index (κ1) is 16.6. The quantitative estimate of drug-likeness (QED) is 0.591. The molecule has 4 aromatic heterocycles. The molecule has 9 heteroatoms. The van der Waals surface area contributed by atoms with E-state index >= 15 is 0 Å². The first-order valence-electron chi connectivity index (χ1n) is 8.72. The third kappa shape index (κ3) is 2.57. The van der Waals surface area contributed by atoms with E-state index in [0.717, 1.165) is 5.69 Å². The number of H-pyrrole nitrogens is 1. The molecule has 1 aliphatic heterocycles. The molecule has 0 aromatic carbocycles. The number of aromatic amines is 1. The van der Waals surface area contributed by atoms with E-state index in [4.69, 9.17) is 0 Å². The number of nitrogens with zero attached hydrogens (tertiary/aromatic N) is 5. The maximum atomic E-state index is 14.2. The Morgan fingerprint density at radius 3 is 2.96 bits per heavy atom. The largest absolute Gasteiger partial charge is 0.380 e. The molecule has 0 unspecified atom stereocenters. The number of anilines is 1. The van der Waals surface area contributed by atoms with Gasteiger partial charge in [0.25, 0.3) is 12.1 Å². The molecule has 5 heterocycles. The highest BCUT2D eigenvalue weighted by molar-refractivity contribution is 5.54. The van der Waals surface area contributed by atoms with Crippen LogP contribution in [0.5, 0.6) is 0 Å². The van der Waals surface area contributed by atoms with E-state index in [1.807, 2.05) is 4.90 Å². The minimum Gasteiger partial charge on any atom is -0.339 e. The summed E-state index contributed by atoms with van der Waals surface area (Å²) in [6.07, 6.45) is 2.36. The zero-order chi connectivity index (χ0) is 19.3. The number of rotatable bonds is 3. The number of pyridine rings is 2. The van der Waals surface area contributed by atoms with Crippen LogP contribution in [0.1, 0.15) is 35.2 Å². The first-order valence-corrected chi connectivity index (χ1v) is 8.72. The van der Waals surface area contributed by atoms with Crippen LogP contribution in [0, 0.1) is 12.1 Å². The van der Waals surface area contributed by atoms with Gasteiger partial charge in [-0.2, -0.15) is 15.1 Å². The lowest BCUT2D eigenvalue weighted by molar-refractivity contribution is -0.308. The second-order valence-electron chi connectivity index (χ2n) is 6.53. The zero-order valence-corrected chi connectivity index (χ0v) is 14.5. The van der Waals surface area contributed by atoms with Gasteiger partial charge < -0.3 is 4.90 Å². The van der Waals surface area contributed by atoms with Crippen LogP contribution in [0.25, 0.3) is 5.52 Å². The molecule has 0 aliphatic carbocycles. The number of nitrogens with one attached hydrogen (secondary N) is 1. The molecule has 0 spiro atoms. The Bertz CT molecular complexity index is 1150. The summed E-state index contributed by atoms with van der Waals surface area (Å²) >= 11 is 0. The summed E-state index contributed by atoms with van der Waals surface area (Å²) < 4.78 is 41.9. The number of hydrogen-bond donors (Lipinski definition) is 1. The standard InChI is InChI=1S/C19H13F3N6/c20-11-3-2-7-28-15(11)9-14(26-28)18-17-12(23-10-24-17)6-8-27(18)16-5-1-4-13(25-16)19(21)22/h1-5,7,9,18-19H,6,8H2/p+1/t18-/m1/s1. The van der Waals surface area contributed by atoms with Crippen LogP contribution in [-0.4, -0.2) is 26.1 Å². The summed E-state index contributed by atoms with van der Waals surface area (Å²) in [5.74, 6) is 0.00391. The van der Waals surface area contributed by atoms with Gasteiger partial charge in [-0.25, -0.2) is 22.7 Å². The molecule has 0 bridgehead atoms. The van der Waals surface area contributed by atoms with Crippen LogP contribution in [0.15, 0.2) is 42.6 Å². The molecule has 4 aromatic rings. The fourth-order valence-electron chi connectivity index (χ4n) is 3.61. The van der Waals surface area contributed by atoms with Crippen molar-refractivity contribution in [3.05, 3.63) is 77.5 Å². The lowest BCUT2D eigenvalue weighted by atomic mass is 9.99. The van der Waals surface area contributed by atoms with Gasteiger partial charge >= 0.3 is 6.33 Å². The second kappa shape index (κ2) is 6.27. The Balaban J connectivity index is 1.66. The van der Waals surface area contributed by atoms with Gasteiger partial charge in [0.2, 0.25) is 0 Å². The Kier molecular flexibility index (Phi) is 3.72. The lowest BCUT2D eigenvalue weighted by Crippen LogP contribution is -2.39. The summed E-state index contributed by atoms with van der Waals surface area (Å²) in [6.45, 7) is 0.518. The molecule has 28 heavy (non-hydrogen) atoms.